The summed E-state index contributed by atoms with van der Waals surface area (Å²) in [5, 5.41) is 4.26. The van der Waals surface area contributed by atoms with Gasteiger partial charge in [0.05, 0.1) is 25.2 Å². The molecule has 2 aromatic rings. The highest BCUT2D eigenvalue weighted by molar-refractivity contribution is 5.95. The van der Waals surface area contributed by atoms with Crippen LogP contribution in [0.2, 0.25) is 0 Å². The fourth-order valence-electron chi connectivity index (χ4n) is 2.81. The zero-order valence-corrected chi connectivity index (χ0v) is 11.3. The number of Topliss-reactive ketones (excluding diaryl/α,β-unsaturated/α-hetero) is 1. The molecule has 0 spiro atoms. The maximum atomic E-state index is 14.2. The maximum absolute atomic E-state index is 14.2. The fourth-order valence-corrected chi connectivity index (χ4v) is 2.81. The topological polar surface area (TPSA) is 57.0 Å². The number of nitrogens with zero attached hydrogens (tertiary/aromatic N) is 3. The molecule has 0 bridgehead atoms. The summed E-state index contributed by atoms with van der Waals surface area (Å²) in [6.45, 7) is 0.813. The molecule has 1 aromatic carbocycles. The number of fused-ring (bicyclic) bond motifs is 1. The normalized spacial score (nSPS) is 24.6. The van der Waals surface area contributed by atoms with Crippen molar-refractivity contribution in [3.63, 3.8) is 0 Å². The van der Waals surface area contributed by atoms with Crippen molar-refractivity contribution in [1.82, 2.24) is 14.8 Å². The summed E-state index contributed by atoms with van der Waals surface area (Å²) < 4.78 is 20.7. The fraction of sp³-hybridized carbons (Fsp3) is 0.400. The van der Waals surface area contributed by atoms with Crippen LogP contribution in [0.25, 0.3) is 0 Å². The lowest BCUT2D eigenvalue weighted by molar-refractivity contribution is -0.0199. The molecule has 0 radical (unpaired) electrons. The van der Waals surface area contributed by atoms with Crippen LogP contribution in [0.15, 0.2) is 30.3 Å². The number of aromatic nitrogens is 3. The number of alkyl halides is 1. The number of hydrogen-bond donors (Lipinski definition) is 0. The van der Waals surface area contributed by atoms with Gasteiger partial charge in [0.2, 0.25) is 11.6 Å². The van der Waals surface area contributed by atoms with E-state index in [0.29, 0.717) is 19.6 Å². The third-order valence-electron chi connectivity index (χ3n) is 4.08. The number of rotatable bonds is 3. The first-order valence-corrected chi connectivity index (χ1v) is 7.01. The molecule has 0 N–H and O–H groups in total. The molecular weight excluding hydrogens is 273 g/mol. The van der Waals surface area contributed by atoms with Crippen molar-refractivity contribution in [3.8, 4) is 0 Å². The third kappa shape index (κ3) is 1.98. The van der Waals surface area contributed by atoms with Gasteiger partial charge in [0.1, 0.15) is 0 Å². The second kappa shape index (κ2) is 4.73. The van der Waals surface area contributed by atoms with Gasteiger partial charge >= 0.3 is 0 Å². The van der Waals surface area contributed by atoms with Crippen LogP contribution in [0.4, 0.5) is 4.39 Å². The summed E-state index contributed by atoms with van der Waals surface area (Å²) in [6.07, 6.45) is -0.859. The number of carbonyl (C=O) groups excluding carboxylic acids is 1. The van der Waals surface area contributed by atoms with E-state index in [1.807, 2.05) is 30.3 Å². The first-order chi connectivity index (χ1) is 10.2. The van der Waals surface area contributed by atoms with Crippen LogP contribution in [0.5, 0.6) is 0 Å². The molecule has 5 nitrogen and oxygen atoms in total. The first-order valence-electron chi connectivity index (χ1n) is 7.01. The average Bonchev–Trinajstić information content (AvgIpc) is 2.99. The van der Waals surface area contributed by atoms with Crippen LogP contribution in [0.1, 0.15) is 40.6 Å². The SMILES string of the molecule is O=C(c1nc2n(n1)C(c1ccccc1)CC2F)C1COC1. The van der Waals surface area contributed by atoms with Crippen LogP contribution in [0, 0.1) is 5.92 Å². The van der Waals surface area contributed by atoms with Crippen molar-refractivity contribution in [1.29, 1.82) is 0 Å². The van der Waals surface area contributed by atoms with Crippen LogP contribution in [0.3, 0.4) is 0 Å². The largest absolute Gasteiger partial charge is 0.380 e. The molecule has 2 aliphatic rings. The molecule has 2 atom stereocenters. The van der Waals surface area contributed by atoms with Gasteiger partial charge in [0.15, 0.2) is 12.0 Å². The van der Waals surface area contributed by atoms with Crippen molar-refractivity contribution in [3.05, 3.63) is 47.5 Å². The van der Waals surface area contributed by atoms with Gasteiger partial charge in [-0.25, -0.2) is 14.1 Å². The number of halogens is 1. The highest BCUT2D eigenvalue weighted by Gasteiger charge is 2.38. The Bertz CT molecular complexity index is 681. The predicted molar refractivity (Wildman–Crippen MR) is 71.7 cm³/mol. The number of ketones is 1. The van der Waals surface area contributed by atoms with E-state index in [-0.39, 0.29) is 29.4 Å². The lowest BCUT2D eigenvalue weighted by atomic mass is 10.0. The highest BCUT2D eigenvalue weighted by atomic mass is 19.1. The lowest BCUT2D eigenvalue weighted by Crippen LogP contribution is -2.35. The summed E-state index contributed by atoms with van der Waals surface area (Å²) in [7, 11) is 0. The molecule has 0 amide bonds. The monoisotopic (exact) mass is 287 g/mol. The zero-order chi connectivity index (χ0) is 14.4. The van der Waals surface area contributed by atoms with Gasteiger partial charge in [0.25, 0.3) is 0 Å². The van der Waals surface area contributed by atoms with Crippen LogP contribution >= 0.6 is 0 Å². The number of benzene rings is 1. The second-order valence-electron chi connectivity index (χ2n) is 5.47. The summed E-state index contributed by atoms with van der Waals surface area (Å²) in [5.74, 6) is 0.0394. The predicted octanol–water partition coefficient (Wildman–Crippen LogP) is 2.11. The Morgan fingerprint density at radius 2 is 2.05 bits per heavy atom. The van der Waals surface area contributed by atoms with E-state index in [9.17, 15) is 9.18 Å². The molecule has 2 unspecified atom stereocenters. The molecule has 4 rings (SSSR count). The van der Waals surface area contributed by atoms with Gasteiger partial charge in [0, 0.05) is 6.42 Å². The quantitative estimate of drug-likeness (QED) is 0.811. The molecule has 6 heteroatoms. The lowest BCUT2D eigenvalue weighted by Gasteiger charge is -2.23. The Morgan fingerprint density at radius 1 is 1.29 bits per heavy atom. The van der Waals surface area contributed by atoms with Gasteiger partial charge in [-0.05, 0) is 5.56 Å². The van der Waals surface area contributed by atoms with E-state index in [0.717, 1.165) is 5.56 Å². The smallest absolute Gasteiger partial charge is 0.218 e. The minimum atomic E-state index is -1.18. The Hall–Kier alpha value is -2.08. The number of ether oxygens (including phenoxy) is 1. The molecule has 0 saturated carbocycles. The molecule has 2 aliphatic heterocycles. The van der Waals surface area contributed by atoms with Crippen molar-refractivity contribution in [2.24, 2.45) is 5.92 Å². The summed E-state index contributed by atoms with van der Waals surface area (Å²) in [4.78, 5) is 16.3. The van der Waals surface area contributed by atoms with Gasteiger partial charge in [-0.2, -0.15) is 0 Å². The Labute approximate surface area is 120 Å². The van der Waals surface area contributed by atoms with Crippen molar-refractivity contribution < 1.29 is 13.9 Å². The Kier molecular flexibility index (Phi) is 2.85. The van der Waals surface area contributed by atoms with Crippen molar-refractivity contribution in [2.75, 3.05) is 13.2 Å². The molecular formula is C15H14FN3O2. The van der Waals surface area contributed by atoms with E-state index in [4.69, 9.17) is 4.74 Å². The molecule has 1 fully saturated rings. The Morgan fingerprint density at radius 3 is 2.71 bits per heavy atom. The van der Waals surface area contributed by atoms with Crippen molar-refractivity contribution >= 4 is 5.78 Å². The van der Waals surface area contributed by atoms with E-state index in [1.165, 1.54) is 0 Å². The van der Waals surface area contributed by atoms with Gasteiger partial charge < -0.3 is 4.74 Å². The molecule has 21 heavy (non-hydrogen) atoms. The summed E-state index contributed by atoms with van der Waals surface area (Å²) in [5.41, 5.74) is 0.981. The van der Waals surface area contributed by atoms with Crippen LogP contribution in [-0.4, -0.2) is 33.8 Å². The molecule has 108 valence electrons. The second-order valence-corrected chi connectivity index (χ2v) is 5.47. The van der Waals surface area contributed by atoms with E-state index in [2.05, 4.69) is 10.1 Å². The van der Waals surface area contributed by atoms with Crippen molar-refractivity contribution in [2.45, 2.75) is 18.6 Å². The van der Waals surface area contributed by atoms with Gasteiger partial charge in [-0.3, -0.25) is 4.79 Å². The minimum absolute atomic E-state index is 0.113. The minimum Gasteiger partial charge on any atom is -0.380 e. The third-order valence-corrected chi connectivity index (χ3v) is 4.08. The zero-order valence-electron chi connectivity index (χ0n) is 11.3. The molecule has 1 saturated heterocycles. The molecule has 1 aromatic heterocycles. The summed E-state index contributed by atoms with van der Waals surface area (Å²) in [6, 6.07) is 9.43. The standard InChI is InChI=1S/C15H14FN3O2/c16-11-6-12(9-4-2-1-3-5-9)19-15(11)17-14(18-19)13(20)10-7-21-8-10/h1-5,10-12H,6-8H2. The molecule has 0 aliphatic carbocycles. The highest BCUT2D eigenvalue weighted by Crippen LogP contribution is 2.39. The molecule has 3 heterocycles. The first kappa shape index (κ1) is 12.6. The van der Waals surface area contributed by atoms with Crippen LogP contribution in [-0.2, 0) is 4.74 Å². The van der Waals surface area contributed by atoms with Gasteiger partial charge in [-0.1, -0.05) is 30.3 Å². The van der Waals surface area contributed by atoms with E-state index >= 15 is 0 Å². The average molecular weight is 287 g/mol. The van der Waals surface area contributed by atoms with E-state index < -0.39 is 6.17 Å². The van der Waals surface area contributed by atoms with Crippen LogP contribution < -0.4 is 0 Å². The van der Waals surface area contributed by atoms with E-state index in [1.54, 1.807) is 4.68 Å². The number of hydrogen-bond acceptors (Lipinski definition) is 4. The summed E-state index contributed by atoms with van der Waals surface area (Å²) >= 11 is 0. The van der Waals surface area contributed by atoms with Gasteiger partial charge in [-0.15, -0.1) is 5.10 Å². The Balaban J connectivity index is 1.69. The maximum Gasteiger partial charge on any atom is 0.218 e. The number of carbonyl (C=O) groups is 1.